The van der Waals surface area contributed by atoms with Crippen LogP contribution in [-0.2, 0) is 24.0 Å². The Kier molecular flexibility index (Phi) is 5.73. The van der Waals surface area contributed by atoms with Crippen LogP contribution in [0.2, 0.25) is 0 Å². The van der Waals surface area contributed by atoms with Crippen molar-refractivity contribution < 1.29 is 4.74 Å². The fourth-order valence-corrected chi connectivity index (χ4v) is 2.60. The fourth-order valence-electron chi connectivity index (χ4n) is 2.60. The summed E-state index contributed by atoms with van der Waals surface area (Å²) in [5.74, 6) is 1.66. The van der Waals surface area contributed by atoms with E-state index < -0.39 is 0 Å². The summed E-state index contributed by atoms with van der Waals surface area (Å²) in [5.41, 5.74) is 2.60. The van der Waals surface area contributed by atoms with Gasteiger partial charge < -0.3 is 10.1 Å². The standard InChI is InChI=1S/C15H25N3O/c1-3-7-16-10-12-4-5-14-13(9-12)11-17-15(18-14)6-8-19-2/h11-12,16H,3-10H2,1-2H3. The van der Waals surface area contributed by atoms with E-state index in [9.17, 15) is 0 Å². The average molecular weight is 263 g/mol. The van der Waals surface area contributed by atoms with Crippen molar-refractivity contribution in [2.24, 2.45) is 5.92 Å². The molecule has 1 N–H and O–H groups in total. The summed E-state index contributed by atoms with van der Waals surface area (Å²) >= 11 is 0. The fraction of sp³-hybridized carbons (Fsp3) is 0.733. The van der Waals surface area contributed by atoms with Gasteiger partial charge in [0.05, 0.1) is 6.61 Å². The SMILES string of the molecule is CCCNCC1CCc2nc(CCOC)ncc2C1. The second-order valence-corrected chi connectivity index (χ2v) is 5.31. The van der Waals surface area contributed by atoms with E-state index in [1.54, 1.807) is 7.11 Å². The van der Waals surface area contributed by atoms with Gasteiger partial charge in [0.25, 0.3) is 0 Å². The summed E-state index contributed by atoms with van der Waals surface area (Å²) in [5, 5.41) is 3.52. The van der Waals surface area contributed by atoms with Crippen molar-refractivity contribution in [2.75, 3.05) is 26.8 Å². The third-order valence-electron chi connectivity index (χ3n) is 3.69. The van der Waals surface area contributed by atoms with E-state index in [4.69, 9.17) is 4.74 Å². The topological polar surface area (TPSA) is 47.0 Å². The van der Waals surface area contributed by atoms with Crippen molar-refractivity contribution >= 4 is 0 Å². The molecule has 0 aliphatic heterocycles. The van der Waals surface area contributed by atoms with Gasteiger partial charge in [0.15, 0.2) is 0 Å². The largest absolute Gasteiger partial charge is 0.384 e. The zero-order chi connectivity index (χ0) is 13.5. The van der Waals surface area contributed by atoms with Crippen LogP contribution in [0.3, 0.4) is 0 Å². The molecule has 0 aromatic carbocycles. The maximum absolute atomic E-state index is 5.07. The number of methoxy groups -OCH3 is 1. The Bertz CT molecular complexity index is 395. The minimum Gasteiger partial charge on any atom is -0.384 e. The van der Waals surface area contributed by atoms with Crippen LogP contribution >= 0.6 is 0 Å². The molecule has 1 aromatic rings. The van der Waals surface area contributed by atoms with Gasteiger partial charge in [0.2, 0.25) is 0 Å². The first-order valence-electron chi connectivity index (χ1n) is 7.36. The van der Waals surface area contributed by atoms with E-state index in [-0.39, 0.29) is 0 Å². The molecule has 0 spiro atoms. The number of fused-ring (bicyclic) bond motifs is 1. The molecule has 1 atom stereocenters. The van der Waals surface area contributed by atoms with Crippen LogP contribution in [0, 0.1) is 5.92 Å². The summed E-state index contributed by atoms with van der Waals surface area (Å²) in [6, 6.07) is 0. The summed E-state index contributed by atoms with van der Waals surface area (Å²) < 4.78 is 5.07. The molecule has 4 nitrogen and oxygen atoms in total. The molecule has 1 aliphatic carbocycles. The molecule has 0 saturated heterocycles. The monoisotopic (exact) mass is 263 g/mol. The normalized spacial score (nSPS) is 18.3. The van der Waals surface area contributed by atoms with Crippen LogP contribution in [0.15, 0.2) is 6.20 Å². The van der Waals surface area contributed by atoms with Gasteiger partial charge in [-0.25, -0.2) is 9.97 Å². The Hall–Kier alpha value is -1.00. The molecule has 1 aromatic heterocycles. The van der Waals surface area contributed by atoms with E-state index in [0.717, 1.165) is 44.1 Å². The lowest BCUT2D eigenvalue weighted by molar-refractivity contribution is 0.200. The van der Waals surface area contributed by atoms with E-state index in [1.165, 1.54) is 24.1 Å². The maximum atomic E-state index is 5.07. The van der Waals surface area contributed by atoms with Gasteiger partial charge in [-0.1, -0.05) is 6.92 Å². The van der Waals surface area contributed by atoms with Crippen LogP contribution in [0.5, 0.6) is 0 Å². The molecule has 1 heterocycles. The number of nitrogens with one attached hydrogen (secondary N) is 1. The number of aromatic nitrogens is 2. The van der Waals surface area contributed by atoms with Crippen molar-refractivity contribution in [2.45, 2.75) is 39.0 Å². The van der Waals surface area contributed by atoms with Crippen molar-refractivity contribution in [1.82, 2.24) is 15.3 Å². The third-order valence-corrected chi connectivity index (χ3v) is 3.69. The maximum Gasteiger partial charge on any atom is 0.130 e. The van der Waals surface area contributed by atoms with Gasteiger partial charge in [-0.3, -0.25) is 0 Å². The minimum absolute atomic E-state index is 0.697. The summed E-state index contributed by atoms with van der Waals surface area (Å²) in [6.45, 7) is 5.15. The number of rotatable bonds is 7. The first-order valence-corrected chi connectivity index (χ1v) is 7.36. The van der Waals surface area contributed by atoms with E-state index >= 15 is 0 Å². The quantitative estimate of drug-likeness (QED) is 0.762. The summed E-state index contributed by atoms with van der Waals surface area (Å²) in [4.78, 5) is 9.12. The van der Waals surface area contributed by atoms with Crippen LogP contribution in [0.1, 0.15) is 36.8 Å². The highest BCUT2D eigenvalue weighted by molar-refractivity contribution is 5.21. The van der Waals surface area contributed by atoms with Gasteiger partial charge in [0, 0.05) is 25.4 Å². The Morgan fingerprint density at radius 1 is 1.47 bits per heavy atom. The third kappa shape index (κ3) is 4.25. The number of nitrogens with zero attached hydrogens (tertiary/aromatic N) is 2. The minimum atomic E-state index is 0.697. The average Bonchev–Trinajstić information content (AvgIpc) is 2.45. The van der Waals surface area contributed by atoms with Gasteiger partial charge in [0.1, 0.15) is 5.82 Å². The molecule has 0 fully saturated rings. The first kappa shape index (κ1) is 14.4. The van der Waals surface area contributed by atoms with Crippen molar-refractivity contribution in [3.63, 3.8) is 0 Å². The van der Waals surface area contributed by atoms with Crippen molar-refractivity contribution in [3.8, 4) is 0 Å². The molecular weight excluding hydrogens is 238 g/mol. The molecule has 4 heteroatoms. The second kappa shape index (κ2) is 7.56. The Morgan fingerprint density at radius 2 is 2.37 bits per heavy atom. The molecular formula is C15H25N3O. The lowest BCUT2D eigenvalue weighted by atomic mass is 9.87. The molecule has 1 aliphatic rings. The summed E-state index contributed by atoms with van der Waals surface area (Å²) in [6.07, 6.45) is 7.50. The van der Waals surface area contributed by atoms with Crippen molar-refractivity contribution in [3.05, 3.63) is 23.3 Å². The second-order valence-electron chi connectivity index (χ2n) is 5.31. The zero-order valence-corrected chi connectivity index (χ0v) is 12.1. The molecule has 0 bridgehead atoms. The van der Waals surface area contributed by atoms with Gasteiger partial charge in [-0.15, -0.1) is 0 Å². The molecule has 19 heavy (non-hydrogen) atoms. The number of hydrogen-bond donors (Lipinski definition) is 1. The predicted octanol–water partition coefficient (Wildman–Crippen LogP) is 1.77. The van der Waals surface area contributed by atoms with E-state index in [2.05, 4.69) is 22.2 Å². The molecule has 2 rings (SSSR count). The first-order chi connectivity index (χ1) is 9.33. The number of ether oxygens (including phenoxy) is 1. The molecule has 1 unspecified atom stereocenters. The number of hydrogen-bond acceptors (Lipinski definition) is 4. The Morgan fingerprint density at radius 3 is 3.16 bits per heavy atom. The van der Waals surface area contributed by atoms with Gasteiger partial charge in [-0.2, -0.15) is 0 Å². The molecule has 106 valence electrons. The van der Waals surface area contributed by atoms with Crippen molar-refractivity contribution in [1.29, 1.82) is 0 Å². The van der Waals surface area contributed by atoms with Crippen LogP contribution in [-0.4, -0.2) is 36.8 Å². The summed E-state index contributed by atoms with van der Waals surface area (Å²) in [7, 11) is 1.71. The van der Waals surface area contributed by atoms with Gasteiger partial charge >= 0.3 is 0 Å². The molecule has 0 saturated carbocycles. The predicted molar refractivity (Wildman–Crippen MR) is 76.3 cm³/mol. The van der Waals surface area contributed by atoms with Crippen LogP contribution in [0.25, 0.3) is 0 Å². The smallest absolute Gasteiger partial charge is 0.130 e. The van der Waals surface area contributed by atoms with E-state index in [1.807, 2.05) is 6.20 Å². The lowest BCUT2D eigenvalue weighted by Crippen LogP contribution is -2.28. The number of aryl methyl sites for hydroxylation is 1. The zero-order valence-electron chi connectivity index (χ0n) is 12.1. The highest BCUT2D eigenvalue weighted by Gasteiger charge is 2.20. The highest BCUT2D eigenvalue weighted by atomic mass is 16.5. The lowest BCUT2D eigenvalue weighted by Gasteiger charge is -2.24. The van der Waals surface area contributed by atoms with Gasteiger partial charge in [-0.05, 0) is 50.3 Å². The molecule has 0 radical (unpaired) electrons. The Labute approximate surface area is 116 Å². The molecule has 0 amide bonds. The Balaban J connectivity index is 1.90. The van der Waals surface area contributed by atoms with E-state index in [0.29, 0.717) is 6.61 Å². The highest BCUT2D eigenvalue weighted by Crippen LogP contribution is 2.23. The van der Waals surface area contributed by atoms with Crippen LogP contribution < -0.4 is 5.32 Å². The van der Waals surface area contributed by atoms with Crippen LogP contribution in [0.4, 0.5) is 0 Å².